The summed E-state index contributed by atoms with van der Waals surface area (Å²) in [5.41, 5.74) is 0.931. The van der Waals surface area contributed by atoms with E-state index in [1.165, 1.54) is 0 Å². The minimum absolute atomic E-state index is 0.277. The van der Waals surface area contributed by atoms with Crippen molar-refractivity contribution in [1.29, 1.82) is 0 Å². The number of unbranched alkanes of at least 4 members (excludes halogenated alkanes) is 2. The van der Waals surface area contributed by atoms with Gasteiger partial charge in [0.25, 0.3) is 0 Å². The summed E-state index contributed by atoms with van der Waals surface area (Å²) in [6.45, 7) is 9.72. The van der Waals surface area contributed by atoms with Gasteiger partial charge in [-0.2, -0.15) is 0 Å². The van der Waals surface area contributed by atoms with Gasteiger partial charge in [-0.1, -0.05) is 32.9 Å². The van der Waals surface area contributed by atoms with Crippen molar-refractivity contribution in [3.05, 3.63) is 18.0 Å². The lowest BCUT2D eigenvalue weighted by molar-refractivity contribution is 0.130. The number of hydrogen-bond donors (Lipinski definition) is 1. The number of aliphatic hydroxyl groups is 1. The zero-order valence-electron chi connectivity index (χ0n) is 12.3. The average molecular weight is 259 g/mol. The summed E-state index contributed by atoms with van der Waals surface area (Å²) >= 11 is 0. The summed E-state index contributed by atoms with van der Waals surface area (Å²) < 4.78 is 10.1. The van der Waals surface area contributed by atoms with Crippen LogP contribution in [0.5, 0.6) is 0 Å². The molecule has 0 fully saturated rings. The highest BCUT2D eigenvalue weighted by molar-refractivity contribution is 4.94. The number of nitrogens with zero attached hydrogens (tertiary/aromatic N) is 1. The monoisotopic (exact) mass is 259 g/mol. The lowest BCUT2D eigenvalue weighted by Crippen LogP contribution is -2.00. The highest BCUT2D eigenvalue weighted by Crippen LogP contribution is 1.98. The van der Waals surface area contributed by atoms with Gasteiger partial charge in [-0.05, 0) is 19.3 Å². The van der Waals surface area contributed by atoms with Crippen molar-refractivity contribution in [2.24, 2.45) is 0 Å². The van der Waals surface area contributed by atoms with E-state index in [0.717, 1.165) is 38.0 Å². The van der Waals surface area contributed by atoms with Gasteiger partial charge in [-0.3, -0.25) is 0 Å². The molecule has 1 N–H and O–H groups in total. The molecule has 0 aliphatic heterocycles. The van der Waals surface area contributed by atoms with Crippen molar-refractivity contribution < 1.29 is 14.4 Å². The third-order valence-corrected chi connectivity index (χ3v) is 1.94. The quantitative estimate of drug-likeness (QED) is 0.726. The van der Waals surface area contributed by atoms with Crippen LogP contribution < -0.4 is 0 Å². The van der Waals surface area contributed by atoms with E-state index in [0.29, 0.717) is 6.61 Å². The number of hydrogen-bond acceptors (Lipinski definition) is 4. The lowest BCUT2D eigenvalue weighted by Gasteiger charge is -2.01. The first kappa shape index (κ1) is 19.5. The fourth-order valence-electron chi connectivity index (χ4n) is 1.14. The molecule has 1 heterocycles. The van der Waals surface area contributed by atoms with Gasteiger partial charge in [0.15, 0.2) is 0 Å². The molecular weight excluding hydrogens is 230 g/mol. The predicted molar refractivity (Wildman–Crippen MR) is 74.7 cm³/mol. The molecule has 18 heavy (non-hydrogen) atoms. The summed E-state index contributed by atoms with van der Waals surface area (Å²) in [4.78, 5) is 0. The van der Waals surface area contributed by atoms with E-state index in [-0.39, 0.29) is 6.61 Å². The second-order valence-electron chi connectivity index (χ2n) is 3.14. The van der Waals surface area contributed by atoms with Gasteiger partial charge >= 0.3 is 0 Å². The van der Waals surface area contributed by atoms with Crippen LogP contribution >= 0.6 is 0 Å². The number of rotatable bonds is 8. The highest BCUT2D eigenvalue weighted by atomic mass is 16.5. The summed E-state index contributed by atoms with van der Waals surface area (Å²) in [7, 11) is 0. The van der Waals surface area contributed by atoms with Gasteiger partial charge in [0.05, 0.1) is 12.3 Å². The Balaban J connectivity index is 0. The molecule has 0 saturated heterocycles. The van der Waals surface area contributed by atoms with Crippen molar-refractivity contribution in [2.45, 2.75) is 53.4 Å². The second kappa shape index (κ2) is 18.5. The normalized spacial score (nSPS) is 8.94. The molecule has 0 aliphatic rings. The molecule has 1 aromatic heterocycles. The van der Waals surface area contributed by atoms with Crippen molar-refractivity contribution >= 4 is 0 Å². The van der Waals surface area contributed by atoms with Crippen molar-refractivity contribution in [3.63, 3.8) is 0 Å². The molecule has 1 rings (SSSR count). The second-order valence-corrected chi connectivity index (χ2v) is 3.14. The SMILES string of the molecule is CC.CC.OCCCCCOCCc1ccon1. The third kappa shape index (κ3) is 13.2. The zero-order chi connectivity index (χ0) is 14.1. The first-order chi connectivity index (χ1) is 8.93. The smallest absolute Gasteiger partial charge is 0.124 e. The van der Waals surface area contributed by atoms with Crippen LogP contribution in [0.2, 0.25) is 0 Å². The van der Waals surface area contributed by atoms with Crippen molar-refractivity contribution in [1.82, 2.24) is 5.16 Å². The zero-order valence-corrected chi connectivity index (χ0v) is 12.3. The van der Waals surface area contributed by atoms with Gasteiger partial charge in [0, 0.05) is 25.7 Å². The number of aliphatic hydroxyl groups excluding tert-OH is 1. The van der Waals surface area contributed by atoms with E-state index in [9.17, 15) is 0 Å². The lowest BCUT2D eigenvalue weighted by atomic mass is 10.2. The van der Waals surface area contributed by atoms with Gasteiger partial charge < -0.3 is 14.4 Å². The topological polar surface area (TPSA) is 55.5 Å². The van der Waals surface area contributed by atoms with Crippen molar-refractivity contribution in [2.75, 3.05) is 19.8 Å². The largest absolute Gasteiger partial charge is 0.396 e. The van der Waals surface area contributed by atoms with Crippen LogP contribution in [0, 0.1) is 0 Å². The Morgan fingerprint density at radius 3 is 2.39 bits per heavy atom. The van der Waals surface area contributed by atoms with E-state index in [1.807, 2.05) is 33.8 Å². The van der Waals surface area contributed by atoms with Crippen LogP contribution in [0.4, 0.5) is 0 Å². The number of aromatic nitrogens is 1. The highest BCUT2D eigenvalue weighted by Gasteiger charge is 1.95. The molecule has 0 radical (unpaired) electrons. The van der Waals surface area contributed by atoms with Crippen LogP contribution in [-0.4, -0.2) is 30.1 Å². The van der Waals surface area contributed by atoms with E-state index in [1.54, 1.807) is 6.26 Å². The molecule has 0 amide bonds. The molecule has 0 atom stereocenters. The van der Waals surface area contributed by atoms with Crippen LogP contribution in [0.1, 0.15) is 52.7 Å². The van der Waals surface area contributed by atoms with E-state index >= 15 is 0 Å². The Morgan fingerprint density at radius 2 is 1.83 bits per heavy atom. The van der Waals surface area contributed by atoms with E-state index in [4.69, 9.17) is 14.4 Å². The van der Waals surface area contributed by atoms with Gasteiger partial charge in [0.2, 0.25) is 0 Å². The molecule has 0 aromatic carbocycles. The Labute approximate surface area is 111 Å². The standard InChI is InChI=1S/C10H17NO3.2C2H6/c12-6-2-1-3-7-13-8-4-10-5-9-14-11-10;2*1-2/h5,9,12H,1-4,6-8H2;2*1-2H3. The van der Waals surface area contributed by atoms with Crippen LogP contribution in [0.25, 0.3) is 0 Å². The molecular formula is C14H29NO3. The Hall–Kier alpha value is -0.870. The first-order valence-electron chi connectivity index (χ1n) is 7.01. The number of ether oxygens (including phenoxy) is 1. The molecule has 0 aliphatic carbocycles. The maximum absolute atomic E-state index is 8.53. The molecule has 1 aromatic rings. The molecule has 0 saturated carbocycles. The third-order valence-electron chi connectivity index (χ3n) is 1.94. The Bertz CT molecular complexity index is 213. The Kier molecular flexibility index (Phi) is 20.0. The van der Waals surface area contributed by atoms with Crippen molar-refractivity contribution in [3.8, 4) is 0 Å². The predicted octanol–water partition coefficient (Wildman–Crippen LogP) is 3.45. The summed E-state index contributed by atoms with van der Waals surface area (Å²) in [6.07, 6.45) is 5.28. The first-order valence-corrected chi connectivity index (χ1v) is 7.01. The van der Waals surface area contributed by atoms with Crippen LogP contribution in [0.15, 0.2) is 16.9 Å². The molecule has 0 unspecified atom stereocenters. The molecule has 0 bridgehead atoms. The summed E-state index contributed by atoms with van der Waals surface area (Å²) in [5, 5.41) is 12.3. The van der Waals surface area contributed by atoms with Crippen LogP contribution in [-0.2, 0) is 11.2 Å². The average Bonchev–Trinajstić information content (AvgIpc) is 2.95. The minimum atomic E-state index is 0.277. The van der Waals surface area contributed by atoms with Crippen LogP contribution in [0.3, 0.4) is 0 Å². The molecule has 0 spiro atoms. The summed E-state index contributed by atoms with van der Waals surface area (Å²) in [5.74, 6) is 0. The molecule has 4 heteroatoms. The van der Waals surface area contributed by atoms with Gasteiger partial charge in [-0.15, -0.1) is 0 Å². The fraction of sp³-hybridized carbons (Fsp3) is 0.786. The minimum Gasteiger partial charge on any atom is -0.396 e. The van der Waals surface area contributed by atoms with E-state index < -0.39 is 0 Å². The maximum atomic E-state index is 8.53. The van der Waals surface area contributed by atoms with Gasteiger partial charge in [0.1, 0.15) is 6.26 Å². The molecule has 4 nitrogen and oxygen atoms in total. The maximum Gasteiger partial charge on any atom is 0.124 e. The van der Waals surface area contributed by atoms with E-state index in [2.05, 4.69) is 5.16 Å². The fourth-order valence-corrected chi connectivity index (χ4v) is 1.14. The molecule has 108 valence electrons. The van der Waals surface area contributed by atoms with Gasteiger partial charge in [-0.25, -0.2) is 0 Å². The summed E-state index contributed by atoms with van der Waals surface area (Å²) in [6, 6.07) is 1.84. The Morgan fingerprint density at radius 1 is 1.11 bits per heavy atom.